The largest absolute Gasteiger partial charge is 0.495 e. The van der Waals surface area contributed by atoms with E-state index in [2.05, 4.69) is 9.97 Å². The molecule has 0 amide bonds. The van der Waals surface area contributed by atoms with Gasteiger partial charge in [0.2, 0.25) is 0 Å². The average molecular weight is 496 g/mol. The van der Waals surface area contributed by atoms with Crippen molar-refractivity contribution in [2.45, 2.75) is 13.3 Å². The predicted molar refractivity (Wildman–Crippen MR) is 137 cm³/mol. The molecule has 0 saturated carbocycles. The average Bonchev–Trinajstić information content (AvgIpc) is 2.90. The zero-order valence-corrected chi connectivity index (χ0v) is 20.1. The number of benzene rings is 2. The molecule has 0 aliphatic heterocycles. The van der Waals surface area contributed by atoms with Gasteiger partial charge in [-0.15, -0.1) is 0 Å². The maximum Gasteiger partial charge on any atom is 0.266 e. The predicted octanol–water partition coefficient (Wildman–Crippen LogP) is 5.45. The number of ketones is 1. The summed E-state index contributed by atoms with van der Waals surface area (Å²) in [5.41, 5.74) is 2.74. The molecule has 5 aromatic rings. The molecule has 0 radical (unpaired) electrons. The number of hydrogen-bond donors (Lipinski definition) is 0. The van der Waals surface area contributed by atoms with Crippen molar-refractivity contribution in [3.05, 3.63) is 118 Å². The second-order valence-corrected chi connectivity index (χ2v) is 8.40. The van der Waals surface area contributed by atoms with Crippen LogP contribution in [-0.4, -0.2) is 27.4 Å². The number of ether oxygens (including phenoxy) is 2. The quantitative estimate of drug-likeness (QED) is 0.279. The highest BCUT2D eigenvalue weighted by Gasteiger charge is 2.16. The lowest BCUT2D eigenvalue weighted by Gasteiger charge is -2.12. The molecule has 0 aliphatic carbocycles. The van der Waals surface area contributed by atoms with Crippen LogP contribution in [0, 0.1) is 12.7 Å². The molecule has 0 fully saturated rings. The van der Waals surface area contributed by atoms with Gasteiger partial charge in [-0.1, -0.05) is 12.1 Å². The van der Waals surface area contributed by atoms with Crippen LogP contribution in [-0.2, 0) is 6.42 Å². The van der Waals surface area contributed by atoms with Crippen molar-refractivity contribution in [3.8, 4) is 22.9 Å². The van der Waals surface area contributed by atoms with Gasteiger partial charge < -0.3 is 9.47 Å². The minimum Gasteiger partial charge on any atom is -0.495 e. The smallest absolute Gasteiger partial charge is 0.266 e. The second-order valence-electron chi connectivity index (χ2n) is 8.40. The summed E-state index contributed by atoms with van der Waals surface area (Å²) in [5.74, 6) is 0.993. The van der Waals surface area contributed by atoms with Crippen molar-refractivity contribution in [1.82, 2.24) is 14.5 Å². The molecule has 0 spiro atoms. The van der Waals surface area contributed by atoms with E-state index in [0.717, 1.165) is 5.56 Å². The number of nitrogens with zero attached hydrogens (tertiary/aromatic N) is 3. The SMILES string of the molecule is COc1cnc2c(Oc3ccc(CC(=O)c4ccc(C)n(-c5ccc(F)cc5)c4=O)cc3)ccnc2c1. The number of pyridine rings is 3. The number of hydrogen-bond acceptors (Lipinski definition) is 6. The Balaban J connectivity index is 1.35. The number of aryl methyl sites for hydroxylation is 1. The Labute approximate surface area is 211 Å². The Bertz CT molecular complexity index is 1660. The summed E-state index contributed by atoms with van der Waals surface area (Å²) in [5, 5.41) is 0. The first-order chi connectivity index (χ1) is 17.9. The molecular weight excluding hydrogens is 473 g/mol. The molecule has 8 heteroatoms. The van der Waals surface area contributed by atoms with Gasteiger partial charge in [0.15, 0.2) is 11.5 Å². The maximum absolute atomic E-state index is 13.3. The number of fused-ring (bicyclic) bond motifs is 1. The number of carbonyl (C=O) groups excluding carboxylic acids is 1. The van der Waals surface area contributed by atoms with E-state index >= 15 is 0 Å². The molecule has 184 valence electrons. The second kappa shape index (κ2) is 10.0. The molecule has 0 N–H and O–H groups in total. The van der Waals surface area contributed by atoms with Gasteiger partial charge in [-0.05, 0) is 61.0 Å². The Kier molecular flexibility index (Phi) is 6.47. The number of methoxy groups -OCH3 is 1. The van der Waals surface area contributed by atoms with Crippen LogP contribution in [0.5, 0.6) is 17.2 Å². The highest BCUT2D eigenvalue weighted by Crippen LogP contribution is 2.29. The molecular formula is C29H22FN3O4. The zero-order chi connectivity index (χ0) is 25.9. The molecule has 2 aromatic carbocycles. The topological polar surface area (TPSA) is 83.3 Å². The van der Waals surface area contributed by atoms with Gasteiger partial charge in [0, 0.05) is 36.1 Å². The summed E-state index contributed by atoms with van der Waals surface area (Å²) in [7, 11) is 1.56. The molecule has 0 unspecified atom stereocenters. The normalized spacial score (nSPS) is 10.9. The summed E-state index contributed by atoms with van der Waals surface area (Å²) < 4.78 is 26.0. The van der Waals surface area contributed by atoms with E-state index in [0.29, 0.717) is 39.7 Å². The summed E-state index contributed by atoms with van der Waals surface area (Å²) >= 11 is 0. The molecule has 3 aromatic heterocycles. The number of carbonyl (C=O) groups is 1. The third kappa shape index (κ3) is 4.95. The van der Waals surface area contributed by atoms with Gasteiger partial charge in [-0.2, -0.15) is 0 Å². The van der Waals surface area contributed by atoms with E-state index in [-0.39, 0.29) is 17.8 Å². The standard InChI is InChI=1S/C29H22FN3O4/c1-18-3-12-24(29(35)33(18)21-8-6-20(30)7-9-21)26(34)15-19-4-10-22(11-5-19)37-27-13-14-31-25-16-23(36-2)17-32-28(25)27/h3-14,16-17H,15H2,1-2H3. The fourth-order valence-corrected chi connectivity index (χ4v) is 4.02. The maximum atomic E-state index is 13.3. The summed E-state index contributed by atoms with van der Waals surface area (Å²) in [6.07, 6.45) is 3.27. The van der Waals surface area contributed by atoms with Crippen LogP contribution in [0.25, 0.3) is 16.7 Å². The fourth-order valence-electron chi connectivity index (χ4n) is 4.02. The van der Waals surface area contributed by atoms with Crippen molar-refractivity contribution in [2.75, 3.05) is 7.11 Å². The lowest BCUT2D eigenvalue weighted by molar-refractivity contribution is 0.0991. The minimum atomic E-state index is -0.440. The third-order valence-electron chi connectivity index (χ3n) is 5.93. The lowest BCUT2D eigenvalue weighted by atomic mass is 10.0. The highest BCUT2D eigenvalue weighted by molar-refractivity contribution is 5.97. The van der Waals surface area contributed by atoms with Crippen LogP contribution in [0.15, 0.2) is 90.0 Å². The van der Waals surface area contributed by atoms with Crippen molar-refractivity contribution >= 4 is 16.8 Å². The molecule has 7 nitrogen and oxygen atoms in total. The fraction of sp³-hybridized carbons (Fsp3) is 0.103. The van der Waals surface area contributed by atoms with Gasteiger partial charge in [-0.3, -0.25) is 19.1 Å². The summed E-state index contributed by atoms with van der Waals surface area (Å²) in [6.45, 7) is 1.76. The summed E-state index contributed by atoms with van der Waals surface area (Å²) in [6, 6.07) is 19.4. The van der Waals surface area contributed by atoms with Crippen molar-refractivity contribution < 1.29 is 18.7 Å². The Morgan fingerprint density at radius 3 is 2.43 bits per heavy atom. The van der Waals surface area contributed by atoms with Crippen LogP contribution < -0.4 is 15.0 Å². The highest BCUT2D eigenvalue weighted by atomic mass is 19.1. The Morgan fingerprint density at radius 1 is 0.946 bits per heavy atom. The first-order valence-corrected chi connectivity index (χ1v) is 11.5. The van der Waals surface area contributed by atoms with E-state index in [1.807, 2.05) is 0 Å². The minimum absolute atomic E-state index is 0.0432. The van der Waals surface area contributed by atoms with E-state index in [1.54, 1.807) is 68.9 Å². The van der Waals surface area contributed by atoms with Crippen molar-refractivity contribution in [3.63, 3.8) is 0 Å². The number of aromatic nitrogens is 3. The molecule has 0 atom stereocenters. The van der Waals surface area contributed by atoms with Crippen LogP contribution in [0.2, 0.25) is 0 Å². The monoisotopic (exact) mass is 495 g/mol. The van der Waals surface area contributed by atoms with E-state index in [1.165, 1.54) is 34.9 Å². The van der Waals surface area contributed by atoms with Crippen LogP contribution in [0.1, 0.15) is 21.6 Å². The first-order valence-electron chi connectivity index (χ1n) is 11.5. The number of halogens is 1. The van der Waals surface area contributed by atoms with Crippen molar-refractivity contribution in [1.29, 1.82) is 0 Å². The number of rotatable bonds is 7. The van der Waals surface area contributed by atoms with E-state index in [4.69, 9.17) is 9.47 Å². The molecule has 0 aliphatic rings. The van der Waals surface area contributed by atoms with Gasteiger partial charge in [0.1, 0.15) is 22.8 Å². The molecule has 0 bridgehead atoms. The lowest BCUT2D eigenvalue weighted by Crippen LogP contribution is -2.27. The zero-order valence-electron chi connectivity index (χ0n) is 20.1. The van der Waals surface area contributed by atoms with E-state index < -0.39 is 11.4 Å². The molecule has 0 saturated heterocycles. The Hall–Kier alpha value is -4.85. The van der Waals surface area contributed by atoms with Gasteiger partial charge >= 0.3 is 0 Å². The molecule has 3 heterocycles. The van der Waals surface area contributed by atoms with Crippen LogP contribution in [0.4, 0.5) is 4.39 Å². The van der Waals surface area contributed by atoms with Gasteiger partial charge in [-0.25, -0.2) is 9.37 Å². The van der Waals surface area contributed by atoms with E-state index in [9.17, 15) is 14.0 Å². The molecule has 5 rings (SSSR count). The number of Topliss-reactive ketones (excluding diaryl/α,β-unsaturated/α-hetero) is 1. The first kappa shape index (κ1) is 23.9. The van der Waals surface area contributed by atoms with Crippen LogP contribution >= 0.6 is 0 Å². The molecule has 37 heavy (non-hydrogen) atoms. The summed E-state index contributed by atoms with van der Waals surface area (Å²) in [4.78, 5) is 34.8. The van der Waals surface area contributed by atoms with Crippen molar-refractivity contribution in [2.24, 2.45) is 0 Å². The third-order valence-corrected chi connectivity index (χ3v) is 5.93. The van der Waals surface area contributed by atoms with Gasteiger partial charge in [0.05, 0.1) is 24.4 Å². The Morgan fingerprint density at radius 2 is 1.70 bits per heavy atom. The van der Waals surface area contributed by atoms with Gasteiger partial charge in [0.25, 0.3) is 5.56 Å². The van der Waals surface area contributed by atoms with Crippen LogP contribution in [0.3, 0.4) is 0 Å².